The smallest absolute Gasteiger partial charge is 0.416 e. The van der Waals surface area contributed by atoms with Gasteiger partial charge in [0.1, 0.15) is 17.9 Å². The number of rotatable bonds is 8. The highest BCUT2D eigenvalue weighted by Gasteiger charge is 2.37. The Labute approximate surface area is 242 Å². The van der Waals surface area contributed by atoms with Crippen LogP contribution in [0.25, 0.3) is 0 Å². The van der Waals surface area contributed by atoms with E-state index >= 15 is 0 Å². The van der Waals surface area contributed by atoms with E-state index in [1.807, 2.05) is 0 Å². The Morgan fingerprint density at radius 1 is 0.905 bits per heavy atom. The lowest BCUT2D eigenvalue weighted by molar-refractivity contribution is -0.143. The van der Waals surface area contributed by atoms with Gasteiger partial charge in [0, 0.05) is 17.1 Å². The number of nitrogens with one attached hydrogen (secondary N) is 3. The summed E-state index contributed by atoms with van der Waals surface area (Å²) in [6.45, 7) is 1.45. The minimum absolute atomic E-state index is 0.0188. The van der Waals surface area contributed by atoms with Crippen molar-refractivity contribution in [2.24, 2.45) is 0 Å². The molecule has 224 valence electrons. The molecule has 13 heteroatoms. The molecule has 1 atom stereocenters. The van der Waals surface area contributed by atoms with Gasteiger partial charge in [-0.15, -0.1) is 0 Å². The van der Waals surface area contributed by atoms with Crippen molar-refractivity contribution in [3.63, 3.8) is 0 Å². The lowest BCUT2D eigenvalue weighted by Gasteiger charge is -2.25. The van der Waals surface area contributed by atoms with E-state index in [1.54, 1.807) is 30.3 Å². The van der Waals surface area contributed by atoms with E-state index in [-0.39, 0.29) is 34.9 Å². The third-order valence-electron chi connectivity index (χ3n) is 6.53. The van der Waals surface area contributed by atoms with Crippen LogP contribution in [0, 0.1) is 0 Å². The van der Waals surface area contributed by atoms with Gasteiger partial charge in [0.15, 0.2) is 0 Å². The van der Waals surface area contributed by atoms with Crippen molar-refractivity contribution in [3.8, 4) is 5.75 Å². The van der Waals surface area contributed by atoms with Crippen molar-refractivity contribution in [3.05, 3.63) is 94.0 Å². The molecule has 0 bridgehead atoms. The SMILES string of the molecule is O=C(N[C@@H](Cc1ccccc1)C(=O)Nc1cc(C(F)(F)F)cc(C(F)(F)F)c1)c1cc(Cl)ccc1OC1CCNCC1. The molecular formula is C29H26ClF6N3O3. The Hall–Kier alpha value is -3.77. The minimum atomic E-state index is -5.10. The predicted molar refractivity (Wildman–Crippen MR) is 144 cm³/mol. The number of carbonyl (C=O) groups is 2. The summed E-state index contributed by atoms with van der Waals surface area (Å²) in [7, 11) is 0. The predicted octanol–water partition coefficient (Wildman–Crippen LogP) is 6.49. The van der Waals surface area contributed by atoms with E-state index in [4.69, 9.17) is 16.3 Å². The van der Waals surface area contributed by atoms with Gasteiger partial charge >= 0.3 is 12.4 Å². The third-order valence-corrected chi connectivity index (χ3v) is 6.76. The summed E-state index contributed by atoms with van der Waals surface area (Å²) in [5.41, 5.74) is -3.31. The van der Waals surface area contributed by atoms with E-state index < -0.39 is 47.0 Å². The van der Waals surface area contributed by atoms with Gasteiger partial charge in [-0.3, -0.25) is 9.59 Å². The van der Waals surface area contributed by atoms with Crippen LogP contribution in [0.5, 0.6) is 5.75 Å². The number of hydrogen-bond donors (Lipinski definition) is 3. The summed E-state index contributed by atoms with van der Waals surface area (Å²) in [6.07, 6.45) is -9.11. The average Bonchev–Trinajstić information content (AvgIpc) is 2.93. The Kier molecular flexibility index (Phi) is 9.67. The highest BCUT2D eigenvalue weighted by Crippen LogP contribution is 2.37. The molecule has 1 heterocycles. The van der Waals surface area contributed by atoms with Crippen molar-refractivity contribution in [2.45, 2.75) is 43.8 Å². The van der Waals surface area contributed by atoms with Crippen LogP contribution in [0.2, 0.25) is 5.02 Å². The van der Waals surface area contributed by atoms with E-state index in [1.165, 1.54) is 18.2 Å². The monoisotopic (exact) mass is 613 g/mol. The molecule has 0 aliphatic carbocycles. The van der Waals surface area contributed by atoms with Crippen LogP contribution in [0.3, 0.4) is 0 Å². The quantitative estimate of drug-likeness (QED) is 0.254. The summed E-state index contributed by atoms with van der Waals surface area (Å²) in [5, 5.41) is 8.08. The maximum Gasteiger partial charge on any atom is 0.416 e. The summed E-state index contributed by atoms with van der Waals surface area (Å²) >= 11 is 6.13. The van der Waals surface area contributed by atoms with Gasteiger partial charge in [-0.1, -0.05) is 41.9 Å². The second-order valence-electron chi connectivity index (χ2n) is 9.71. The van der Waals surface area contributed by atoms with Gasteiger partial charge in [-0.25, -0.2) is 0 Å². The molecule has 1 aliphatic heterocycles. The maximum absolute atomic E-state index is 13.4. The number of carbonyl (C=O) groups excluding carboxylic acids is 2. The number of benzene rings is 3. The lowest BCUT2D eigenvalue weighted by atomic mass is 10.0. The van der Waals surface area contributed by atoms with Crippen molar-refractivity contribution in [2.75, 3.05) is 18.4 Å². The molecule has 0 aromatic heterocycles. The molecule has 0 unspecified atom stereocenters. The summed E-state index contributed by atoms with van der Waals surface area (Å²) in [5.74, 6) is -1.57. The number of anilines is 1. The molecule has 3 aromatic rings. The molecule has 6 nitrogen and oxygen atoms in total. The molecule has 3 N–H and O–H groups in total. The van der Waals surface area contributed by atoms with Crippen LogP contribution in [-0.2, 0) is 23.6 Å². The fourth-order valence-electron chi connectivity index (χ4n) is 4.43. The van der Waals surface area contributed by atoms with Gasteiger partial charge in [-0.2, -0.15) is 26.3 Å². The lowest BCUT2D eigenvalue weighted by Crippen LogP contribution is -2.45. The number of hydrogen-bond acceptors (Lipinski definition) is 4. The van der Waals surface area contributed by atoms with Crippen LogP contribution < -0.4 is 20.7 Å². The molecule has 4 rings (SSSR count). The summed E-state index contributed by atoms with van der Waals surface area (Å²) in [4.78, 5) is 26.8. The average molecular weight is 614 g/mol. The van der Waals surface area contributed by atoms with E-state index in [2.05, 4.69) is 16.0 Å². The number of halogens is 7. The highest BCUT2D eigenvalue weighted by molar-refractivity contribution is 6.31. The number of alkyl halides is 6. The molecule has 1 saturated heterocycles. The van der Waals surface area contributed by atoms with Gasteiger partial charge in [-0.05, 0) is 67.9 Å². The molecule has 2 amide bonds. The normalized spacial score (nSPS) is 15.1. The van der Waals surface area contributed by atoms with Crippen molar-refractivity contribution in [1.82, 2.24) is 10.6 Å². The first-order valence-electron chi connectivity index (χ1n) is 12.9. The van der Waals surface area contributed by atoms with Crippen LogP contribution in [-0.4, -0.2) is 37.0 Å². The largest absolute Gasteiger partial charge is 0.489 e. The maximum atomic E-state index is 13.4. The molecule has 1 fully saturated rings. The summed E-state index contributed by atoms with van der Waals surface area (Å²) < 4.78 is 86.2. The second-order valence-corrected chi connectivity index (χ2v) is 10.1. The Bertz CT molecular complexity index is 1380. The summed E-state index contributed by atoms with van der Waals surface area (Å²) in [6, 6.07) is 12.2. The van der Waals surface area contributed by atoms with Gasteiger partial charge in [0.25, 0.3) is 5.91 Å². The number of ether oxygens (including phenoxy) is 1. The fraction of sp³-hybridized carbons (Fsp3) is 0.310. The second kappa shape index (κ2) is 13.0. The topological polar surface area (TPSA) is 79.5 Å². The van der Waals surface area contributed by atoms with E-state index in [0.717, 1.165) is 13.1 Å². The zero-order valence-corrected chi connectivity index (χ0v) is 22.7. The van der Waals surface area contributed by atoms with Gasteiger partial charge < -0.3 is 20.7 Å². The first kappa shape index (κ1) is 31.2. The van der Waals surface area contributed by atoms with Gasteiger partial charge in [0.2, 0.25) is 5.91 Å². The first-order valence-corrected chi connectivity index (χ1v) is 13.3. The Balaban J connectivity index is 1.63. The zero-order valence-electron chi connectivity index (χ0n) is 21.9. The van der Waals surface area contributed by atoms with E-state index in [0.29, 0.717) is 30.5 Å². The Morgan fingerprint density at radius 2 is 1.52 bits per heavy atom. The van der Waals surface area contributed by atoms with Gasteiger partial charge in [0.05, 0.1) is 16.7 Å². The molecule has 3 aromatic carbocycles. The standard InChI is InChI=1S/C29H26ClF6N3O3/c30-20-6-7-25(42-22-8-10-37-11-9-22)23(16-20)26(40)39-24(12-17-4-2-1-3-5-17)27(41)38-21-14-18(28(31,32)33)13-19(15-21)29(34,35)36/h1-7,13-16,22,24,37H,8-12H2,(H,38,41)(H,39,40)/t24-/m0/s1. The van der Waals surface area contributed by atoms with Crippen LogP contribution in [0.4, 0.5) is 32.0 Å². The molecular weight excluding hydrogens is 588 g/mol. The van der Waals surface area contributed by atoms with Crippen molar-refractivity contribution < 1.29 is 40.7 Å². The van der Waals surface area contributed by atoms with E-state index in [9.17, 15) is 35.9 Å². The van der Waals surface area contributed by atoms with Crippen LogP contribution >= 0.6 is 11.6 Å². The fourth-order valence-corrected chi connectivity index (χ4v) is 4.60. The third kappa shape index (κ3) is 8.39. The van der Waals surface area contributed by atoms with Crippen molar-refractivity contribution >= 4 is 29.1 Å². The molecule has 0 saturated carbocycles. The van der Waals surface area contributed by atoms with Crippen LogP contribution in [0.15, 0.2) is 66.7 Å². The van der Waals surface area contributed by atoms with Crippen LogP contribution in [0.1, 0.15) is 39.9 Å². The zero-order chi connectivity index (χ0) is 30.5. The minimum Gasteiger partial charge on any atom is -0.489 e. The number of amides is 2. The molecule has 42 heavy (non-hydrogen) atoms. The molecule has 1 aliphatic rings. The van der Waals surface area contributed by atoms with Crippen molar-refractivity contribution in [1.29, 1.82) is 0 Å². The highest BCUT2D eigenvalue weighted by atomic mass is 35.5. The molecule has 0 spiro atoms. The molecule has 0 radical (unpaired) electrons. The number of piperidine rings is 1. The first-order chi connectivity index (χ1) is 19.8. The Morgan fingerprint density at radius 3 is 2.12 bits per heavy atom.